The normalized spacial score (nSPS) is 23.7. The van der Waals surface area contributed by atoms with E-state index < -0.39 is 0 Å². The Morgan fingerprint density at radius 3 is 2.70 bits per heavy atom. The van der Waals surface area contributed by atoms with Crippen molar-refractivity contribution in [1.82, 2.24) is 4.90 Å². The first-order chi connectivity index (χ1) is 11.3. The lowest BCUT2D eigenvalue weighted by Gasteiger charge is -2.30. The Morgan fingerprint density at radius 2 is 1.87 bits per heavy atom. The van der Waals surface area contributed by atoms with Gasteiger partial charge in [0.25, 0.3) is 0 Å². The summed E-state index contributed by atoms with van der Waals surface area (Å²) in [4.78, 5) is 2.58. The van der Waals surface area contributed by atoms with Crippen LogP contribution in [0, 0.1) is 5.92 Å². The lowest BCUT2D eigenvalue weighted by atomic mass is 9.81. The van der Waals surface area contributed by atoms with Crippen molar-refractivity contribution in [2.75, 3.05) is 13.6 Å². The highest BCUT2D eigenvalue weighted by molar-refractivity contribution is 5.29. The van der Waals surface area contributed by atoms with Crippen LogP contribution in [-0.4, -0.2) is 18.5 Å². The quantitative estimate of drug-likeness (QED) is 0.500. The summed E-state index contributed by atoms with van der Waals surface area (Å²) >= 11 is 0. The number of pyridine rings is 1. The smallest absolute Gasteiger partial charge is 0.173 e. The standard InChI is InChI=1S/C21H35N2/c1-3-4-5-6-7-8-9-14-23-16-13-18-10-11-19-12-15-22(2)21(19)20(18)17-23/h13,16-17,19,21H,3-12,14-15H2,1-2H3/q+1/t19-,21+/m0/s1. The SMILES string of the molecule is CCCCCCCCC[n+]1ccc2c(c1)[C@H]1[C@@H](CC2)CCN1C. The van der Waals surface area contributed by atoms with Gasteiger partial charge < -0.3 is 0 Å². The molecule has 1 aromatic rings. The van der Waals surface area contributed by atoms with E-state index in [1.54, 1.807) is 11.1 Å². The maximum absolute atomic E-state index is 2.58. The van der Waals surface area contributed by atoms with Crippen LogP contribution < -0.4 is 4.57 Å². The first-order valence-corrected chi connectivity index (χ1v) is 10.0. The molecular formula is C21H35N2+. The van der Waals surface area contributed by atoms with Gasteiger partial charge in [0.15, 0.2) is 12.4 Å². The minimum absolute atomic E-state index is 0.695. The molecule has 2 heteroatoms. The van der Waals surface area contributed by atoms with Crippen molar-refractivity contribution in [3.8, 4) is 0 Å². The Balaban J connectivity index is 1.52. The molecule has 0 N–H and O–H groups in total. The summed E-state index contributed by atoms with van der Waals surface area (Å²) in [7, 11) is 2.31. The zero-order valence-electron chi connectivity index (χ0n) is 15.3. The molecule has 1 aromatic heterocycles. The van der Waals surface area contributed by atoms with Gasteiger partial charge in [-0.15, -0.1) is 0 Å². The second-order valence-corrected chi connectivity index (χ2v) is 7.80. The van der Waals surface area contributed by atoms with Crippen molar-refractivity contribution in [3.63, 3.8) is 0 Å². The minimum Gasteiger partial charge on any atom is -0.299 e. The number of aromatic nitrogens is 1. The number of hydrogen-bond acceptors (Lipinski definition) is 1. The summed E-state index contributed by atoms with van der Waals surface area (Å²) in [6.45, 7) is 4.77. The van der Waals surface area contributed by atoms with Crippen LogP contribution >= 0.6 is 0 Å². The number of nitrogens with zero attached hydrogens (tertiary/aromatic N) is 2. The molecule has 0 spiro atoms. The van der Waals surface area contributed by atoms with E-state index in [0.717, 1.165) is 5.92 Å². The van der Waals surface area contributed by atoms with E-state index in [2.05, 4.69) is 41.9 Å². The fourth-order valence-corrected chi connectivity index (χ4v) is 4.63. The molecule has 2 atom stereocenters. The maximum Gasteiger partial charge on any atom is 0.173 e. The number of unbranched alkanes of at least 4 members (excludes halogenated alkanes) is 6. The summed E-state index contributed by atoms with van der Waals surface area (Å²) in [6.07, 6.45) is 18.6. The number of likely N-dealkylation sites (tertiary alicyclic amines) is 1. The molecule has 1 fully saturated rings. The van der Waals surface area contributed by atoms with Gasteiger partial charge in [0.2, 0.25) is 0 Å². The predicted molar refractivity (Wildman–Crippen MR) is 96.4 cm³/mol. The monoisotopic (exact) mass is 315 g/mol. The second-order valence-electron chi connectivity index (χ2n) is 7.80. The van der Waals surface area contributed by atoms with Crippen LogP contribution in [-0.2, 0) is 13.0 Å². The zero-order chi connectivity index (χ0) is 16.1. The van der Waals surface area contributed by atoms with Gasteiger partial charge in [-0.05, 0) is 50.8 Å². The van der Waals surface area contributed by atoms with Gasteiger partial charge in [-0.1, -0.05) is 39.0 Å². The number of fused-ring (bicyclic) bond motifs is 3. The molecule has 2 aliphatic rings. The summed E-state index contributed by atoms with van der Waals surface area (Å²) in [5.74, 6) is 0.905. The molecule has 2 nitrogen and oxygen atoms in total. The molecule has 0 amide bonds. The highest BCUT2D eigenvalue weighted by atomic mass is 15.2. The topological polar surface area (TPSA) is 7.12 Å². The fourth-order valence-electron chi connectivity index (χ4n) is 4.63. The molecule has 1 aliphatic carbocycles. The summed E-state index contributed by atoms with van der Waals surface area (Å²) in [5, 5.41) is 0. The van der Waals surface area contributed by atoms with Crippen LogP contribution in [0.1, 0.15) is 81.9 Å². The van der Waals surface area contributed by atoms with Crippen molar-refractivity contribution in [3.05, 3.63) is 29.6 Å². The van der Waals surface area contributed by atoms with Crippen molar-refractivity contribution in [1.29, 1.82) is 0 Å². The Labute approximate surface area is 142 Å². The maximum atomic E-state index is 2.58. The molecule has 0 unspecified atom stereocenters. The summed E-state index contributed by atoms with van der Waals surface area (Å²) < 4.78 is 2.46. The molecule has 0 aromatic carbocycles. The van der Waals surface area contributed by atoms with E-state index in [9.17, 15) is 0 Å². The van der Waals surface area contributed by atoms with Crippen molar-refractivity contribution < 1.29 is 4.57 Å². The zero-order valence-corrected chi connectivity index (χ0v) is 15.3. The van der Waals surface area contributed by atoms with Gasteiger partial charge in [-0.3, -0.25) is 4.90 Å². The molecule has 3 rings (SSSR count). The van der Waals surface area contributed by atoms with Crippen LogP contribution in [0.4, 0.5) is 0 Å². The van der Waals surface area contributed by atoms with Gasteiger partial charge in [-0.2, -0.15) is 0 Å². The van der Waals surface area contributed by atoms with Gasteiger partial charge in [-0.25, -0.2) is 4.57 Å². The van der Waals surface area contributed by atoms with Crippen LogP contribution in [0.15, 0.2) is 18.5 Å². The number of hydrogen-bond donors (Lipinski definition) is 0. The number of rotatable bonds is 8. The summed E-state index contributed by atoms with van der Waals surface area (Å²) in [6, 6.07) is 3.10. The third-order valence-electron chi connectivity index (χ3n) is 6.04. The number of aryl methyl sites for hydroxylation is 2. The molecule has 23 heavy (non-hydrogen) atoms. The fraction of sp³-hybridized carbons (Fsp3) is 0.762. The highest BCUT2D eigenvalue weighted by Crippen LogP contribution is 2.43. The second kappa shape index (κ2) is 8.28. The molecule has 2 heterocycles. The van der Waals surface area contributed by atoms with E-state index in [4.69, 9.17) is 0 Å². The predicted octanol–water partition coefficient (Wildman–Crippen LogP) is 4.66. The van der Waals surface area contributed by atoms with E-state index in [-0.39, 0.29) is 0 Å². The summed E-state index contributed by atoms with van der Waals surface area (Å²) in [5.41, 5.74) is 3.24. The highest BCUT2D eigenvalue weighted by Gasteiger charge is 2.38. The Hall–Kier alpha value is -0.890. The van der Waals surface area contributed by atoms with Crippen LogP contribution in [0.5, 0.6) is 0 Å². The van der Waals surface area contributed by atoms with Gasteiger partial charge >= 0.3 is 0 Å². The van der Waals surface area contributed by atoms with E-state index in [1.165, 1.54) is 77.3 Å². The third-order valence-corrected chi connectivity index (χ3v) is 6.04. The average Bonchev–Trinajstić information content (AvgIpc) is 2.95. The van der Waals surface area contributed by atoms with Gasteiger partial charge in [0.05, 0.1) is 0 Å². The van der Waals surface area contributed by atoms with Crippen LogP contribution in [0.25, 0.3) is 0 Å². The third kappa shape index (κ3) is 4.15. The Kier molecular flexibility index (Phi) is 6.10. The van der Waals surface area contributed by atoms with E-state index >= 15 is 0 Å². The molecular weight excluding hydrogens is 280 g/mol. The first-order valence-electron chi connectivity index (χ1n) is 10.0. The first kappa shape index (κ1) is 17.0. The molecule has 0 saturated carbocycles. The molecule has 1 aliphatic heterocycles. The van der Waals surface area contributed by atoms with Gasteiger partial charge in [0, 0.05) is 24.1 Å². The molecule has 1 saturated heterocycles. The molecule has 0 radical (unpaired) electrons. The van der Waals surface area contributed by atoms with Crippen molar-refractivity contribution in [2.24, 2.45) is 5.92 Å². The van der Waals surface area contributed by atoms with Gasteiger partial charge in [0.1, 0.15) is 6.54 Å². The largest absolute Gasteiger partial charge is 0.299 e. The van der Waals surface area contributed by atoms with Crippen molar-refractivity contribution in [2.45, 2.75) is 83.7 Å². The molecule has 0 bridgehead atoms. The molecule has 128 valence electrons. The lowest BCUT2D eigenvalue weighted by molar-refractivity contribution is -0.698. The van der Waals surface area contributed by atoms with Crippen LogP contribution in [0.2, 0.25) is 0 Å². The minimum atomic E-state index is 0.695. The van der Waals surface area contributed by atoms with E-state index in [0.29, 0.717) is 6.04 Å². The van der Waals surface area contributed by atoms with E-state index in [1.807, 2.05) is 0 Å². The van der Waals surface area contributed by atoms with Crippen molar-refractivity contribution >= 4 is 0 Å². The Bertz CT molecular complexity index is 497. The average molecular weight is 316 g/mol. The Morgan fingerprint density at radius 1 is 1.09 bits per heavy atom. The lowest BCUT2D eigenvalue weighted by Crippen LogP contribution is -2.37. The van der Waals surface area contributed by atoms with Crippen LogP contribution in [0.3, 0.4) is 0 Å².